The van der Waals surface area contributed by atoms with Gasteiger partial charge in [-0.2, -0.15) is 0 Å². The van der Waals surface area contributed by atoms with Crippen LogP contribution in [0.25, 0.3) is 0 Å². The molecule has 0 bridgehead atoms. The smallest absolute Gasteiger partial charge is 0.154 e. The number of aliphatic hydroxyl groups excluding tert-OH is 2. The van der Waals surface area contributed by atoms with Crippen LogP contribution in [0.4, 0.5) is 0 Å². The third kappa shape index (κ3) is 15.6. The summed E-state index contributed by atoms with van der Waals surface area (Å²) in [6.07, 6.45) is 6.83. The number of rotatable bonds is 6. The van der Waals surface area contributed by atoms with E-state index in [4.69, 9.17) is 10.2 Å². The maximum Gasteiger partial charge on any atom is 0.154 e. The van der Waals surface area contributed by atoms with Crippen molar-refractivity contribution in [2.45, 2.75) is 14.9 Å². The Bertz CT molecular complexity index is 353. The van der Waals surface area contributed by atoms with E-state index < -0.39 is 0 Å². The zero-order valence-electron chi connectivity index (χ0n) is 9.38. The van der Waals surface area contributed by atoms with E-state index in [0.29, 0.717) is 25.1 Å². The molecule has 0 aliphatic heterocycles. The van der Waals surface area contributed by atoms with E-state index in [2.05, 4.69) is 9.98 Å². The number of aliphatic hydroxyl groups is 2. The second-order valence-electron chi connectivity index (χ2n) is 2.35. The van der Waals surface area contributed by atoms with Crippen molar-refractivity contribution in [1.82, 2.24) is 0 Å². The number of aldehydes is 2. The van der Waals surface area contributed by atoms with Crippen LogP contribution in [0.5, 0.6) is 0 Å². The number of allylic oxidation sites excluding steroid dienone is 2. The van der Waals surface area contributed by atoms with E-state index in [1.54, 1.807) is 0 Å². The summed E-state index contributed by atoms with van der Waals surface area (Å²) >= 11 is 0. The molecular weight excluding hydrogens is 258 g/mol. The summed E-state index contributed by atoms with van der Waals surface area (Å²) in [6, 6.07) is 0. The van der Waals surface area contributed by atoms with Gasteiger partial charge in [-0.25, -0.2) is 0 Å². The van der Waals surface area contributed by atoms with Gasteiger partial charge in [0.05, 0.1) is 23.7 Å². The zero-order chi connectivity index (χ0) is 12.2. The molecule has 0 rings (SSSR count). The van der Waals surface area contributed by atoms with Crippen molar-refractivity contribution in [3.63, 3.8) is 0 Å². The molecule has 0 saturated heterocycles. The maximum atomic E-state index is 10.2. The second-order valence-corrected chi connectivity index (χ2v) is 2.35. The highest BCUT2D eigenvalue weighted by Gasteiger charge is 1.86. The third-order valence-electron chi connectivity index (χ3n) is 1.26. The van der Waals surface area contributed by atoms with Crippen LogP contribution in [0, 0.1) is 0 Å². The van der Waals surface area contributed by atoms with Gasteiger partial charge in [-0.05, 0) is 0 Å². The van der Waals surface area contributed by atoms with E-state index in [1.807, 2.05) is 0 Å². The number of carbonyl (C=O) groups excluding carboxylic acids is 2. The fourth-order valence-corrected chi connectivity index (χ4v) is 0.524. The lowest BCUT2D eigenvalue weighted by Gasteiger charge is -1.83. The first-order chi connectivity index (χ1) is 7.78. The first-order valence-electron chi connectivity index (χ1n) is 4.09. The SMILES string of the molecule is C.C.O=CC(C=N/C=C/N=CC(C=O)=CO)=CO.[B].[B]. The molecule has 0 spiro atoms. The highest BCUT2D eigenvalue weighted by atomic mass is 16.2. The summed E-state index contributed by atoms with van der Waals surface area (Å²) in [5.74, 6) is 0. The second kappa shape index (κ2) is 21.9. The number of hydrogen-bond donors (Lipinski definition) is 2. The molecular formula is C12H18B2N2O4. The number of hydrogen-bond acceptors (Lipinski definition) is 6. The summed E-state index contributed by atoms with van der Waals surface area (Å²) in [7, 11) is 0. The van der Waals surface area contributed by atoms with Gasteiger partial charge in [-0.3, -0.25) is 19.6 Å². The van der Waals surface area contributed by atoms with Crippen molar-refractivity contribution in [3.05, 3.63) is 36.1 Å². The van der Waals surface area contributed by atoms with Crippen LogP contribution < -0.4 is 0 Å². The quantitative estimate of drug-likeness (QED) is 0.252. The minimum atomic E-state index is 0. The first-order valence-corrected chi connectivity index (χ1v) is 4.09. The predicted molar refractivity (Wildman–Crippen MR) is 84.6 cm³/mol. The Morgan fingerprint density at radius 1 is 0.750 bits per heavy atom. The summed E-state index contributed by atoms with van der Waals surface area (Å²) in [4.78, 5) is 27.6. The Kier molecular flexibility index (Phi) is 33.4. The molecule has 0 fully saturated rings. The fraction of sp³-hybridized carbons (Fsp3) is 0.167. The lowest BCUT2D eigenvalue weighted by atomic mass is 10.4. The van der Waals surface area contributed by atoms with E-state index in [0.717, 1.165) is 12.4 Å². The largest absolute Gasteiger partial charge is 0.515 e. The van der Waals surface area contributed by atoms with E-state index in [9.17, 15) is 9.59 Å². The van der Waals surface area contributed by atoms with Crippen LogP contribution in [0.2, 0.25) is 0 Å². The molecule has 106 valence electrons. The Hall–Kier alpha value is -2.37. The molecule has 0 aromatic carbocycles. The van der Waals surface area contributed by atoms with Gasteiger partial charge in [0, 0.05) is 41.7 Å². The predicted octanol–water partition coefficient (Wildman–Crippen LogP) is 1.39. The van der Waals surface area contributed by atoms with Crippen molar-refractivity contribution in [1.29, 1.82) is 0 Å². The minimum absolute atomic E-state index is 0. The summed E-state index contributed by atoms with van der Waals surface area (Å²) in [5.41, 5.74) is 0.0231. The molecule has 20 heavy (non-hydrogen) atoms. The molecule has 8 heteroatoms. The van der Waals surface area contributed by atoms with Gasteiger partial charge < -0.3 is 10.2 Å². The van der Waals surface area contributed by atoms with Gasteiger partial charge in [0.1, 0.15) is 0 Å². The van der Waals surface area contributed by atoms with Crippen LogP contribution in [-0.4, -0.2) is 52.0 Å². The molecule has 0 unspecified atom stereocenters. The van der Waals surface area contributed by atoms with Gasteiger partial charge >= 0.3 is 0 Å². The van der Waals surface area contributed by atoms with Crippen molar-refractivity contribution >= 4 is 41.8 Å². The summed E-state index contributed by atoms with van der Waals surface area (Å²) in [6.45, 7) is 0. The first kappa shape index (κ1) is 30.6. The highest BCUT2D eigenvalue weighted by Crippen LogP contribution is 1.85. The molecule has 6 nitrogen and oxygen atoms in total. The Balaban J connectivity index is -0.000000187. The average Bonchev–Trinajstić information content (AvgIpc) is 2.33. The molecule has 0 aromatic heterocycles. The third-order valence-corrected chi connectivity index (χ3v) is 1.26. The van der Waals surface area contributed by atoms with Crippen LogP contribution in [0.15, 0.2) is 46.1 Å². The van der Waals surface area contributed by atoms with E-state index in [-0.39, 0.29) is 42.8 Å². The van der Waals surface area contributed by atoms with E-state index >= 15 is 0 Å². The molecule has 6 radical (unpaired) electrons. The highest BCUT2D eigenvalue weighted by molar-refractivity contribution is 6.02. The fourth-order valence-electron chi connectivity index (χ4n) is 0.524. The Labute approximate surface area is 123 Å². The molecule has 0 amide bonds. The molecule has 0 saturated carbocycles. The molecule has 0 aliphatic carbocycles. The Morgan fingerprint density at radius 2 is 1.05 bits per heavy atom. The van der Waals surface area contributed by atoms with Crippen molar-refractivity contribution in [3.8, 4) is 0 Å². The van der Waals surface area contributed by atoms with Crippen LogP contribution in [0.1, 0.15) is 14.9 Å². The molecule has 2 N–H and O–H groups in total. The number of nitrogens with zero attached hydrogens (tertiary/aromatic N) is 2. The monoisotopic (exact) mass is 276 g/mol. The maximum absolute atomic E-state index is 10.2. The van der Waals surface area contributed by atoms with Crippen LogP contribution >= 0.6 is 0 Å². The molecule has 0 aliphatic rings. The zero-order valence-corrected chi connectivity index (χ0v) is 9.38. The lowest BCUT2D eigenvalue weighted by Crippen LogP contribution is -1.85. The van der Waals surface area contributed by atoms with Crippen molar-refractivity contribution in [2.75, 3.05) is 0 Å². The molecule has 0 aromatic rings. The van der Waals surface area contributed by atoms with Crippen LogP contribution in [0.3, 0.4) is 0 Å². The van der Waals surface area contributed by atoms with Crippen molar-refractivity contribution < 1.29 is 19.8 Å². The molecule has 0 atom stereocenters. The average molecular weight is 276 g/mol. The van der Waals surface area contributed by atoms with Gasteiger partial charge in [0.2, 0.25) is 0 Å². The summed E-state index contributed by atoms with van der Waals surface area (Å²) < 4.78 is 0. The minimum Gasteiger partial charge on any atom is -0.515 e. The van der Waals surface area contributed by atoms with Crippen molar-refractivity contribution in [2.24, 2.45) is 9.98 Å². The molecule has 0 heterocycles. The van der Waals surface area contributed by atoms with Gasteiger partial charge in [0.15, 0.2) is 12.6 Å². The Morgan fingerprint density at radius 3 is 1.25 bits per heavy atom. The van der Waals surface area contributed by atoms with E-state index in [1.165, 1.54) is 12.4 Å². The normalized spacial score (nSPS) is 11.2. The van der Waals surface area contributed by atoms with Gasteiger partial charge in [0.25, 0.3) is 0 Å². The van der Waals surface area contributed by atoms with Gasteiger partial charge in [-0.15, -0.1) is 0 Å². The number of carbonyl (C=O) groups is 2. The standard InChI is InChI=1S/C10H10N2O4.2CH4.2B/c13-5-9(6-14)3-11-1-2-12-4-10(7-15)8-16;;;;/h1-8,13,15H;2*1H4;;/b2-1+,9-5?,10-7?,11-3?,12-4?;;;;. The summed E-state index contributed by atoms with van der Waals surface area (Å²) in [5, 5.41) is 16.9. The topological polar surface area (TPSA) is 99.3 Å². The van der Waals surface area contributed by atoms with Crippen LogP contribution in [-0.2, 0) is 9.59 Å². The van der Waals surface area contributed by atoms with Gasteiger partial charge in [-0.1, -0.05) is 14.9 Å². The number of aliphatic imine (C=N–C) groups is 2. The lowest BCUT2D eigenvalue weighted by molar-refractivity contribution is -0.105.